The van der Waals surface area contributed by atoms with Crippen molar-refractivity contribution in [1.82, 2.24) is 9.62 Å². The Morgan fingerprint density at radius 2 is 2.00 bits per heavy atom. The molecule has 0 radical (unpaired) electrons. The highest BCUT2D eigenvalue weighted by Crippen LogP contribution is 2.48. The molecule has 1 atom stereocenters. The SMILES string of the molecule is COc1cc2c3c(c1OC)CCC3N(CCCNS(=O)(=O)c1ccc3c(c1)CCCO3)CC2. The van der Waals surface area contributed by atoms with Crippen LogP contribution in [0, 0.1) is 0 Å². The number of hydrogen-bond acceptors (Lipinski definition) is 6. The highest BCUT2D eigenvalue weighted by molar-refractivity contribution is 7.89. The normalized spacial score (nSPS) is 19.5. The monoisotopic (exact) mass is 472 g/mol. The summed E-state index contributed by atoms with van der Waals surface area (Å²) < 4.78 is 45.2. The number of nitrogens with one attached hydrogen (secondary N) is 1. The van der Waals surface area contributed by atoms with Crippen molar-refractivity contribution < 1.29 is 22.6 Å². The third-order valence-electron chi connectivity index (χ3n) is 7.11. The third kappa shape index (κ3) is 4.20. The molecule has 2 aromatic carbocycles. The zero-order valence-electron chi connectivity index (χ0n) is 19.4. The predicted molar refractivity (Wildman–Crippen MR) is 126 cm³/mol. The van der Waals surface area contributed by atoms with Gasteiger partial charge in [0.1, 0.15) is 5.75 Å². The molecule has 3 aliphatic rings. The molecule has 2 aliphatic heterocycles. The molecule has 7 nitrogen and oxygen atoms in total. The van der Waals surface area contributed by atoms with Crippen LogP contribution in [0.4, 0.5) is 0 Å². The largest absolute Gasteiger partial charge is 0.493 e. The van der Waals surface area contributed by atoms with Gasteiger partial charge in [0.25, 0.3) is 0 Å². The zero-order valence-corrected chi connectivity index (χ0v) is 20.2. The van der Waals surface area contributed by atoms with Gasteiger partial charge in [-0.3, -0.25) is 4.90 Å². The average molecular weight is 473 g/mol. The summed E-state index contributed by atoms with van der Waals surface area (Å²) in [4.78, 5) is 2.81. The number of nitrogens with zero attached hydrogens (tertiary/aromatic N) is 1. The summed E-state index contributed by atoms with van der Waals surface area (Å²) in [5.41, 5.74) is 5.01. The molecular weight excluding hydrogens is 440 g/mol. The number of fused-ring (bicyclic) bond motifs is 1. The van der Waals surface area contributed by atoms with Gasteiger partial charge in [-0.25, -0.2) is 13.1 Å². The number of hydrogen-bond donors (Lipinski definition) is 1. The number of sulfonamides is 1. The van der Waals surface area contributed by atoms with Gasteiger partial charge in [0.05, 0.1) is 25.7 Å². The molecule has 33 heavy (non-hydrogen) atoms. The van der Waals surface area contributed by atoms with E-state index in [1.807, 2.05) is 0 Å². The standard InChI is InChI=1S/C25H32N2O5S/c1-30-23-16-18-10-13-27(21-8-7-20(24(18)21)25(23)31-2)12-4-11-26-33(28,29)19-6-9-22-17(15-19)5-3-14-32-22/h6,9,15-16,21,26H,3-5,7-8,10-14H2,1-2H3. The first-order valence-electron chi connectivity index (χ1n) is 11.8. The van der Waals surface area contributed by atoms with Crippen LogP contribution >= 0.6 is 0 Å². The average Bonchev–Trinajstić information content (AvgIpc) is 3.28. The van der Waals surface area contributed by atoms with Gasteiger partial charge in [-0.15, -0.1) is 0 Å². The number of methoxy groups -OCH3 is 2. The Bertz CT molecular complexity index is 1150. The van der Waals surface area contributed by atoms with Crippen molar-refractivity contribution >= 4 is 10.0 Å². The molecule has 1 unspecified atom stereocenters. The van der Waals surface area contributed by atoms with Gasteiger partial charge in [-0.2, -0.15) is 0 Å². The molecule has 1 aliphatic carbocycles. The van der Waals surface area contributed by atoms with Crippen LogP contribution in [0.3, 0.4) is 0 Å². The molecule has 5 rings (SSSR count). The molecule has 8 heteroatoms. The van der Waals surface area contributed by atoms with E-state index in [1.54, 1.807) is 32.4 Å². The summed E-state index contributed by atoms with van der Waals surface area (Å²) in [6.45, 7) is 2.95. The molecule has 0 spiro atoms. The molecule has 0 saturated carbocycles. The van der Waals surface area contributed by atoms with E-state index in [-0.39, 0.29) is 0 Å². The van der Waals surface area contributed by atoms with Gasteiger partial charge in [0.15, 0.2) is 11.5 Å². The lowest BCUT2D eigenvalue weighted by atomic mass is 9.92. The zero-order chi connectivity index (χ0) is 23.0. The van der Waals surface area contributed by atoms with Crippen molar-refractivity contribution in [3.8, 4) is 17.2 Å². The minimum Gasteiger partial charge on any atom is -0.493 e. The van der Waals surface area contributed by atoms with E-state index < -0.39 is 10.0 Å². The smallest absolute Gasteiger partial charge is 0.240 e. The van der Waals surface area contributed by atoms with Crippen LogP contribution in [0.1, 0.15) is 47.6 Å². The van der Waals surface area contributed by atoms with E-state index in [0.29, 0.717) is 24.1 Å². The van der Waals surface area contributed by atoms with Gasteiger partial charge in [-0.1, -0.05) is 0 Å². The minimum atomic E-state index is -3.53. The van der Waals surface area contributed by atoms with Crippen LogP contribution in [-0.4, -0.2) is 53.8 Å². The van der Waals surface area contributed by atoms with Gasteiger partial charge in [0.2, 0.25) is 10.0 Å². The first-order valence-corrected chi connectivity index (χ1v) is 13.3. The summed E-state index contributed by atoms with van der Waals surface area (Å²) in [6, 6.07) is 7.66. The van der Waals surface area contributed by atoms with Crippen molar-refractivity contribution in [2.45, 2.75) is 49.5 Å². The van der Waals surface area contributed by atoms with Gasteiger partial charge in [0, 0.05) is 31.2 Å². The molecule has 0 aromatic heterocycles. The second-order valence-corrected chi connectivity index (χ2v) is 10.7. The van der Waals surface area contributed by atoms with Crippen LogP contribution in [0.5, 0.6) is 17.2 Å². The fraction of sp³-hybridized carbons (Fsp3) is 0.520. The van der Waals surface area contributed by atoms with Crippen molar-refractivity contribution in [1.29, 1.82) is 0 Å². The Morgan fingerprint density at radius 3 is 2.82 bits per heavy atom. The molecule has 0 fully saturated rings. The molecule has 2 aromatic rings. The molecule has 178 valence electrons. The summed E-state index contributed by atoms with van der Waals surface area (Å²) in [6.07, 6.45) is 5.57. The molecule has 0 amide bonds. The van der Waals surface area contributed by atoms with Crippen LogP contribution in [0.15, 0.2) is 29.2 Å². The Kier molecular flexibility index (Phi) is 6.24. The molecular formula is C25H32N2O5S. The van der Waals surface area contributed by atoms with E-state index in [0.717, 1.165) is 74.4 Å². The maximum atomic E-state index is 12.8. The summed E-state index contributed by atoms with van der Waals surface area (Å²) >= 11 is 0. The van der Waals surface area contributed by atoms with E-state index in [9.17, 15) is 8.42 Å². The Morgan fingerprint density at radius 1 is 1.12 bits per heavy atom. The van der Waals surface area contributed by atoms with Crippen LogP contribution < -0.4 is 18.9 Å². The van der Waals surface area contributed by atoms with E-state index in [2.05, 4.69) is 15.7 Å². The van der Waals surface area contributed by atoms with E-state index >= 15 is 0 Å². The molecule has 0 saturated heterocycles. The lowest BCUT2D eigenvalue weighted by Crippen LogP contribution is -2.36. The minimum absolute atomic E-state index is 0.320. The topological polar surface area (TPSA) is 77.1 Å². The van der Waals surface area contributed by atoms with Crippen LogP contribution in [0.25, 0.3) is 0 Å². The van der Waals surface area contributed by atoms with Gasteiger partial charge >= 0.3 is 0 Å². The Hall–Kier alpha value is -2.29. The van der Waals surface area contributed by atoms with Gasteiger partial charge < -0.3 is 14.2 Å². The quantitative estimate of drug-likeness (QED) is 0.595. The number of benzene rings is 2. The van der Waals surface area contributed by atoms with Crippen molar-refractivity contribution in [2.75, 3.05) is 40.5 Å². The highest BCUT2D eigenvalue weighted by atomic mass is 32.2. The fourth-order valence-corrected chi connectivity index (χ4v) is 6.69. The molecule has 0 bridgehead atoms. The maximum absolute atomic E-state index is 12.8. The van der Waals surface area contributed by atoms with Gasteiger partial charge in [-0.05, 0) is 79.5 Å². The lowest BCUT2D eigenvalue weighted by Gasteiger charge is -2.35. The summed E-state index contributed by atoms with van der Waals surface area (Å²) in [5, 5.41) is 0. The predicted octanol–water partition coefficient (Wildman–Crippen LogP) is 3.24. The fourth-order valence-electron chi connectivity index (χ4n) is 5.57. The third-order valence-corrected chi connectivity index (χ3v) is 8.57. The lowest BCUT2D eigenvalue weighted by molar-refractivity contribution is 0.184. The van der Waals surface area contributed by atoms with E-state index in [1.165, 1.54) is 16.7 Å². The number of aryl methyl sites for hydroxylation is 1. The second kappa shape index (κ2) is 9.16. The second-order valence-electron chi connectivity index (χ2n) is 8.98. The van der Waals surface area contributed by atoms with Crippen LogP contribution in [-0.2, 0) is 29.3 Å². The molecule has 2 heterocycles. The van der Waals surface area contributed by atoms with E-state index in [4.69, 9.17) is 14.2 Å². The first kappa shape index (κ1) is 22.5. The van der Waals surface area contributed by atoms with Crippen LogP contribution in [0.2, 0.25) is 0 Å². The number of rotatable bonds is 8. The number of ether oxygens (including phenoxy) is 3. The molecule has 1 N–H and O–H groups in total. The van der Waals surface area contributed by atoms with Crippen molar-refractivity contribution in [3.05, 3.63) is 46.5 Å². The van der Waals surface area contributed by atoms with Crippen molar-refractivity contribution in [3.63, 3.8) is 0 Å². The Balaban J connectivity index is 1.21. The highest BCUT2D eigenvalue weighted by Gasteiger charge is 2.36. The Labute approximate surface area is 196 Å². The van der Waals surface area contributed by atoms with Crippen molar-refractivity contribution in [2.24, 2.45) is 0 Å². The first-order chi connectivity index (χ1) is 16.0. The maximum Gasteiger partial charge on any atom is 0.240 e. The summed E-state index contributed by atoms with van der Waals surface area (Å²) in [5.74, 6) is 2.49. The summed E-state index contributed by atoms with van der Waals surface area (Å²) in [7, 11) is -0.129.